The van der Waals surface area contributed by atoms with E-state index >= 15 is 0 Å². The average molecular weight is 457 g/mol. The molecule has 1 aromatic carbocycles. The van der Waals surface area contributed by atoms with Gasteiger partial charge in [0, 0.05) is 10.2 Å². The predicted molar refractivity (Wildman–Crippen MR) is 104 cm³/mol. The minimum absolute atomic E-state index is 0.0413. The molecule has 0 bridgehead atoms. The lowest BCUT2D eigenvalue weighted by atomic mass is 9.94. The summed E-state index contributed by atoms with van der Waals surface area (Å²) in [7, 11) is -3.18. The van der Waals surface area contributed by atoms with Crippen molar-refractivity contribution in [3.05, 3.63) is 45.6 Å². The number of nitrogens with zero attached hydrogens (tertiary/aromatic N) is 1. The molecule has 0 spiro atoms. The van der Waals surface area contributed by atoms with Gasteiger partial charge in [-0.3, -0.25) is 4.90 Å². The molecular weight excluding hydrogens is 436 g/mol. The lowest BCUT2D eigenvalue weighted by Gasteiger charge is -2.38. The van der Waals surface area contributed by atoms with Gasteiger partial charge in [-0.05, 0) is 38.0 Å². The lowest BCUT2D eigenvalue weighted by Crippen LogP contribution is -2.52. The second-order valence-electron chi connectivity index (χ2n) is 6.58. The highest BCUT2D eigenvalue weighted by atomic mass is 79.9. The molecule has 27 heavy (non-hydrogen) atoms. The van der Waals surface area contributed by atoms with Crippen molar-refractivity contribution in [3.63, 3.8) is 0 Å². The number of halogens is 1. The van der Waals surface area contributed by atoms with E-state index in [1.807, 2.05) is 24.3 Å². The molecule has 9 heteroatoms. The standard InChI is InChI=1S/C18H21BrN2O5S/c1-3-26-17(22)15-11(2)21(14-8-9-27(24,25)10-14)18(23)20-16(15)12-4-6-13(19)7-5-12/h4-7,14,16H,3,8-10H2,1-2H3,(H,20,23). The van der Waals surface area contributed by atoms with E-state index in [0.717, 1.165) is 10.0 Å². The first-order chi connectivity index (χ1) is 12.7. The molecule has 2 amide bonds. The third-order valence-corrected chi connectivity index (χ3v) is 7.08. The van der Waals surface area contributed by atoms with Crippen LogP contribution in [0, 0.1) is 0 Å². The largest absolute Gasteiger partial charge is 0.463 e. The number of carbonyl (C=O) groups excluding carboxylic acids is 2. The molecule has 0 radical (unpaired) electrons. The van der Waals surface area contributed by atoms with Crippen LogP contribution in [0.25, 0.3) is 0 Å². The van der Waals surface area contributed by atoms with Crippen LogP contribution >= 0.6 is 15.9 Å². The van der Waals surface area contributed by atoms with Crippen molar-refractivity contribution >= 4 is 37.8 Å². The van der Waals surface area contributed by atoms with Crippen molar-refractivity contribution in [1.82, 2.24) is 10.2 Å². The molecule has 1 fully saturated rings. The van der Waals surface area contributed by atoms with E-state index in [-0.39, 0.29) is 18.1 Å². The number of urea groups is 1. The quantitative estimate of drug-likeness (QED) is 0.702. The number of hydrogen-bond acceptors (Lipinski definition) is 5. The molecule has 7 nitrogen and oxygen atoms in total. The Kier molecular flexibility index (Phi) is 5.62. The van der Waals surface area contributed by atoms with Crippen LogP contribution in [0.2, 0.25) is 0 Å². The summed E-state index contributed by atoms with van der Waals surface area (Å²) >= 11 is 3.37. The fourth-order valence-electron chi connectivity index (χ4n) is 3.55. The summed E-state index contributed by atoms with van der Waals surface area (Å²) < 4.78 is 29.8. The Hall–Kier alpha value is -1.87. The van der Waals surface area contributed by atoms with E-state index < -0.39 is 33.9 Å². The lowest BCUT2D eigenvalue weighted by molar-refractivity contribution is -0.139. The van der Waals surface area contributed by atoms with Crippen LogP contribution in [-0.2, 0) is 19.4 Å². The molecule has 1 N–H and O–H groups in total. The number of amides is 2. The molecule has 146 valence electrons. The van der Waals surface area contributed by atoms with E-state index in [1.165, 1.54) is 4.90 Å². The van der Waals surface area contributed by atoms with Gasteiger partial charge in [0.2, 0.25) is 0 Å². The molecule has 2 atom stereocenters. The van der Waals surface area contributed by atoms with Crippen LogP contribution in [-0.4, -0.2) is 49.5 Å². The molecular formula is C18H21BrN2O5S. The summed E-state index contributed by atoms with van der Waals surface area (Å²) in [4.78, 5) is 26.9. The topological polar surface area (TPSA) is 92.8 Å². The van der Waals surface area contributed by atoms with Gasteiger partial charge < -0.3 is 10.1 Å². The molecule has 1 saturated heterocycles. The normalized spacial score (nSPS) is 24.7. The molecule has 0 aliphatic carbocycles. The average Bonchev–Trinajstić information content (AvgIpc) is 2.94. The highest BCUT2D eigenvalue weighted by Crippen LogP contribution is 2.34. The summed E-state index contributed by atoms with van der Waals surface area (Å²) in [6.07, 6.45) is 0.353. The summed E-state index contributed by atoms with van der Waals surface area (Å²) in [5.41, 5.74) is 1.50. The van der Waals surface area contributed by atoms with Gasteiger partial charge >= 0.3 is 12.0 Å². The number of hydrogen-bond donors (Lipinski definition) is 1. The number of allylic oxidation sites excluding steroid dienone is 1. The molecule has 2 aliphatic heterocycles. The third-order valence-electron chi connectivity index (χ3n) is 4.80. The van der Waals surface area contributed by atoms with Crippen molar-refractivity contribution in [2.45, 2.75) is 32.4 Å². The number of carbonyl (C=O) groups is 2. The maximum atomic E-state index is 12.8. The first-order valence-electron chi connectivity index (χ1n) is 8.67. The van der Waals surface area contributed by atoms with Crippen LogP contribution in [0.3, 0.4) is 0 Å². The Morgan fingerprint density at radius 1 is 1.33 bits per heavy atom. The van der Waals surface area contributed by atoms with Gasteiger partial charge in [0.15, 0.2) is 9.84 Å². The maximum absolute atomic E-state index is 12.8. The van der Waals surface area contributed by atoms with E-state index in [1.54, 1.807) is 13.8 Å². The second-order valence-corrected chi connectivity index (χ2v) is 9.72. The Morgan fingerprint density at radius 3 is 2.56 bits per heavy atom. The van der Waals surface area contributed by atoms with Gasteiger partial charge in [-0.1, -0.05) is 28.1 Å². The van der Waals surface area contributed by atoms with Gasteiger partial charge in [-0.15, -0.1) is 0 Å². The Bertz CT molecular complexity index is 895. The van der Waals surface area contributed by atoms with Gasteiger partial charge in [-0.25, -0.2) is 18.0 Å². The molecule has 2 unspecified atom stereocenters. The summed E-state index contributed by atoms with van der Waals surface area (Å²) in [5.74, 6) is -0.579. The second kappa shape index (κ2) is 7.63. The SMILES string of the molecule is CCOC(=O)C1=C(C)N(C2CCS(=O)(=O)C2)C(=O)NC1c1ccc(Br)cc1. The van der Waals surface area contributed by atoms with Gasteiger partial charge in [0.05, 0.1) is 35.8 Å². The fraction of sp³-hybridized carbons (Fsp3) is 0.444. The zero-order valence-electron chi connectivity index (χ0n) is 15.1. The zero-order valence-corrected chi connectivity index (χ0v) is 17.5. The van der Waals surface area contributed by atoms with Crippen molar-refractivity contribution in [2.75, 3.05) is 18.1 Å². The number of nitrogens with one attached hydrogen (secondary N) is 1. The van der Waals surface area contributed by atoms with Gasteiger partial charge in [0.1, 0.15) is 0 Å². The van der Waals surface area contributed by atoms with Crippen LogP contribution < -0.4 is 5.32 Å². The number of sulfone groups is 1. The van der Waals surface area contributed by atoms with Gasteiger partial charge in [-0.2, -0.15) is 0 Å². The van der Waals surface area contributed by atoms with Crippen molar-refractivity contribution in [3.8, 4) is 0 Å². The number of benzene rings is 1. The van der Waals surface area contributed by atoms with Gasteiger partial charge in [0.25, 0.3) is 0 Å². The Labute approximate surface area is 166 Å². The molecule has 0 saturated carbocycles. The Balaban J connectivity index is 2.05. The minimum Gasteiger partial charge on any atom is -0.463 e. The summed E-state index contributed by atoms with van der Waals surface area (Å²) in [5, 5.41) is 2.84. The molecule has 0 aromatic heterocycles. The highest BCUT2D eigenvalue weighted by Gasteiger charge is 2.42. The predicted octanol–water partition coefficient (Wildman–Crippen LogP) is 2.54. The molecule has 2 heterocycles. The highest BCUT2D eigenvalue weighted by molar-refractivity contribution is 9.10. The monoisotopic (exact) mass is 456 g/mol. The fourth-order valence-corrected chi connectivity index (χ4v) is 5.52. The van der Waals surface area contributed by atoms with E-state index in [2.05, 4.69) is 21.2 Å². The first kappa shape index (κ1) is 19.9. The smallest absolute Gasteiger partial charge is 0.338 e. The number of esters is 1. The van der Waals surface area contributed by atoms with Crippen LogP contribution in [0.15, 0.2) is 40.0 Å². The number of rotatable bonds is 4. The molecule has 1 aromatic rings. The van der Waals surface area contributed by atoms with E-state index in [0.29, 0.717) is 17.7 Å². The molecule has 3 rings (SSSR count). The molecule has 2 aliphatic rings. The zero-order chi connectivity index (χ0) is 19.8. The van der Waals surface area contributed by atoms with Crippen LogP contribution in [0.4, 0.5) is 4.79 Å². The van der Waals surface area contributed by atoms with Crippen molar-refractivity contribution < 1.29 is 22.7 Å². The van der Waals surface area contributed by atoms with Crippen LogP contribution in [0.1, 0.15) is 31.9 Å². The first-order valence-corrected chi connectivity index (χ1v) is 11.3. The summed E-state index contributed by atoms with van der Waals surface area (Å²) in [6.45, 7) is 3.58. The van der Waals surface area contributed by atoms with Crippen LogP contribution in [0.5, 0.6) is 0 Å². The third kappa shape index (κ3) is 4.03. The number of ether oxygens (including phenoxy) is 1. The van der Waals surface area contributed by atoms with Crippen molar-refractivity contribution in [2.24, 2.45) is 0 Å². The minimum atomic E-state index is -3.18. The van der Waals surface area contributed by atoms with Crippen molar-refractivity contribution in [1.29, 1.82) is 0 Å². The Morgan fingerprint density at radius 2 is 2.00 bits per heavy atom. The summed E-state index contributed by atoms with van der Waals surface area (Å²) in [6, 6.07) is 5.75. The van der Waals surface area contributed by atoms with E-state index in [9.17, 15) is 18.0 Å². The van der Waals surface area contributed by atoms with E-state index in [4.69, 9.17) is 4.74 Å². The maximum Gasteiger partial charge on any atom is 0.338 e.